The molecule has 19 heavy (non-hydrogen) atoms. The van der Waals surface area contributed by atoms with E-state index in [0.717, 1.165) is 15.4 Å². The number of aryl methyl sites for hydroxylation is 2. The van der Waals surface area contributed by atoms with Crippen LogP contribution >= 0.6 is 23.4 Å². The Bertz CT molecular complexity index is 638. The number of hydrogen-bond acceptors (Lipinski definition) is 2. The Hall–Kier alpha value is -1.45. The lowest BCUT2D eigenvalue weighted by molar-refractivity contribution is 1.25. The van der Waals surface area contributed by atoms with Gasteiger partial charge in [0.25, 0.3) is 0 Å². The number of hydrogen-bond donors (Lipinski definition) is 2. The average Bonchev–Trinajstić information content (AvgIpc) is 2.33. The highest BCUT2D eigenvalue weighted by molar-refractivity contribution is 7.99. The average molecular weight is 291 g/mol. The van der Waals surface area contributed by atoms with Crippen molar-refractivity contribution in [3.63, 3.8) is 0 Å². The second kappa shape index (κ2) is 5.68. The van der Waals surface area contributed by atoms with Crippen LogP contribution in [0.25, 0.3) is 0 Å². The van der Waals surface area contributed by atoms with Gasteiger partial charge in [-0.15, -0.1) is 0 Å². The largest absolute Gasteiger partial charge is 0.384 e. The van der Waals surface area contributed by atoms with E-state index in [4.69, 9.17) is 22.7 Å². The lowest BCUT2D eigenvalue weighted by Gasteiger charge is -2.11. The maximum atomic E-state index is 7.63. The minimum atomic E-state index is 0.0597. The van der Waals surface area contributed by atoms with Gasteiger partial charge >= 0.3 is 0 Å². The van der Waals surface area contributed by atoms with Crippen LogP contribution in [0.5, 0.6) is 0 Å². The SMILES string of the molecule is Cc1ccc(C)c(Sc2cc(Cl)ccc2C(=N)N)c1. The van der Waals surface area contributed by atoms with Crippen LogP contribution in [0.4, 0.5) is 0 Å². The van der Waals surface area contributed by atoms with Crippen LogP contribution in [-0.2, 0) is 0 Å². The van der Waals surface area contributed by atoms with Crippen molar-refractivity contribution in [1.29, 1.82) is 5.41 Å². The molecule has 0 radical (unpaired) electrons. The van der Waals surface area contributed by atoms with Crippen LogP contribution < -0.4 is 5.73 Å². The Labute approximate surface area is 122 Å². The minimum Gasteiger partial charge on any atom is -0.384 e. The van der Waals surface area contributed by atoms with Crippen LogP contribution in [0, 0.1) is 19.3 Å². The highest BCUT2D eigenvalue weighted by Crippen LogP contribution is 2.34. The van der Waals surface area contributed by atoms with Crippen molar-refractivity contribution in [2.24, 2.45) is 5.73 Å². The van der Waals surface area contributed by atoms with Gasteiger partial charge in [0.05, 0.1) is 0 Å². The van der Waals surface area contributed by atoms with Crippen molar-refractivity contribution in [1.82, 2.24) is 0 Å². The molecule has 4 heteroatoms. The van der Waals surface area contributed by atoms with Crippen molar-refractivity contribution in [3.8, 4) is 0 Å². The van der Waals surface area contributed by atoms with E-state index < -0.39 is 0 Å². The number of nitrogens with two attached hydrogens (primary N) is 1. The zero-order valence-electron chi connectivity index (χ0n) is 10.8. The smallest absolute Gasteiger partial charge is 0.123 e. The van der Waals surface area contributed by atoms with Gasteiger partial charge in [0.1, 0.15) is 5.84 Å². The fourth-order valence-corrected chi connectivity index (χ4v) is 3.16. The molecule has 2 rings (SSSR count). The molecule has 2 aromatic rings. The van der Waals surface area contributed by atoms with Crippen molar-refractivity contribution in [3.05, 3.63) is 58.1 Å². The molecule has 0 aliphatic heterocycles. The molecule has 2 nitrogen and oxygen atoms in total. The van der Waals surface area contributed by atoms with Crippen molar-refractivity contribution in [2.45, 2.75) is 23.6 Å². The molecule has 0 fully saturated rings. The van der Waals surface area contributed by atoms with E-state index in [1.807, 2.05) is 6.07 Å². The summed E-state index contributed by atoms with van der Waals surface area (Å²) in [5.41, 5.74) is 8.74. The fraction of sp³-hybridized carbons (Fsp3) is 0.133. The van der Waals surface area contributed by atoms with Gasteiger partial charge in [0.15, 0.2) is 0 Å². The van der Waals surface area contributed by atoms with Gasteiger partial charge in [-0.25, -0.2) is 0 Å². The first-order chi connectivity index (χ1) is 8.97. The van der Waals surface area contributed by atoms with E-state index in [1.165, 1.54) is 11.1 Å². The molecule has 0 spiro atoms. The maximum absolute atomic E-state index is 7.63. The lowest BCUT2D eigenvalue weighted by Crippen LogP contribution is -2.12. The molecule has 0 atom stereocenters. The molecule has 0 aromatic heterocycles. The van der Waals surface area contributed by atoms with Crippen LogP contribution in [0.2, 0.25) is 5.02 Å². The first-order valence-corrected chi connectivity index (χ1v) is 7.06. The van der Waals surface area contributed by atoms with Crippen LogP contribution in [0.1, 0.15) is 16.7 Å². The quantitative estimate of drug-likeness (QED) is 0.650. The van der Waals surface area contributed by atoms with Crippen molar-refractivity contribution in [2.75, 3.05) is 0 Å². The fourth-order valence-electron chi connectivity index (χ4n) is 1.74. The minimum absolute atomic E-state index is 0.0597. The van der Waals surface area contributed by atoms with Crippen molar-refractivity contribution >= 4 is 29.2 Å². The summed E-state index contributed by atoms with van der Waals surface area (Å²) in [5, 5.41) is 8.28. The molecule has 0 saturated heterocycles. The molecule has 0 amide bonds. The summed E-state index contributed by atoms with van der Waals surface area (Å²) in [6.07, 6.45) is 0. The normalized spacial score (nSPS) is 10.5. The predicted molar refractivity (Wildman–Crippen MR) is 82.5 cm³/mol. The molecular weight excluding hydrogens is 276 g/mol. The monoisotopic (exact) mass is 290 g/mol. The molecule has 0 bridgehead atoms. The summed E-state index contributed by atoms with van der Waals surface area (Å²) in [4.78, 5) is 2.07. The van der Waals surface area contributed by atoms with Gasteiger partial charge in [0, 0.05) is 20.4 Å². The van der Waals surface area contributed by atoms with Crippen LogP contribution in [0.15, 0.2) is 46.2 Å². The lowest BCUT2D eigenvalue weighted by atomic mass is 10.2. The maximum Gasteiger partial charge on any atom is 0.123 e. The summed E-state index contributed by atoms with van der Waals surface area (Å²) < 4.78 is 0. The van der Waals surface area contributed by atoms with E-state index in [-0.39, 0.29) is 5.84 Å². The Morgan fingerprint density at radius 3 is 2.53 bits per heavy atom. The summed E-state index contributed by atoms with van der Waals surface area (Å²) >= 11 is 7.63. The standard InChI is InChI=1S/C15H15ClN2S/c1-9-3-4-10(2)13(7-9)19-14-8-11(16)5-6-12(14)15(17)18/h3-8H,1-2H3,(H3,17,18). The summed E-state index contributed by atoms with van der Waals surface area (Å²) in [5.74, 6) is 0.0597. The molecule has 98 valence electrons. The third-order valence-corrected chi connectivity index (χ3v) is 4.25. The predicted octanol–water partition coefficient (Wildman–Crippen LogP) is 4.39. The number of halogens is 1. The topological polar surface area (TPSA) is 49.9 Å². The summed E-state index contributed by atoms with van der Waals surface area (Å²) in [6.45, 7) is 4.13. The molecule has 2 aromatic carbocycles. The van der Waals surface area contributed by atoms with Gasteiger partial charge in [-0.3, -0.25) is 5.41 Å². The second-order valence-corrected chi connectivity index (χ2v) is 5.95. The molecule has 0 unspecified atom stereocenters. The molecule has 0 aliphatic rings. The number of nitrogen functional groups attached to an aromatic ring is 1. The third-order valence-electron chi connectivity index (χ3n) is 2.80. The molecule has 0 saturated carbocycles. The zero-order chi connectivity index (χ0) is 14.0. The summed E-state index contributed by atoms with van der Waals surface area (Å²) in [6, 6.07) is 11.7. The van der Waals surface area contributed by atoms with Gasteiger partial charge in [-0.2, -0.15) is 0 Å². The van der Waals surface area contributed by atoms with E-state index in [0.29, 0.717) is 5.02 Å². The first-order valence-electron chi connectivity index (χ1n) is 5.86. The highest BCUT2D eigenvalue weighted by Gasteiger charge is 2.09. The summed E-state index contributed by atoms with van der Waals surface area (Å²) in [7, 11) is 0. The molecule has 0 heterocycles. The van der Waals surface area contributed by atoms with E-state index >= 15 is 0 Å². The van der Waals surface area contributed by atoms with E-state index in [1.54, 1.807) is 23.9 Å². The second-order valence-electron chi connectivity index (χ2n) is 4.43. The van der Waals surface area contributed by atoms with Gasteiger partial charge in [-0.05, 0) is 49.2 Å². The van der Waals surface area contributed by atoms with E-state index in [9.17, 15) is 0 Å². The number of nitrogens with one attached hydrogen (secondary N) is 1. The zero-order valence-corrected chi connectivity index (χ0v) is 12.4. The van der Waals surface area contributed by atoms with E-state index in [2.05, 4.69) is 32.0 Å². The Morgan fingerprint density at radius 1 is 1.11 bits per heavy atom. The molecule has 0 aliphatic carbocycles. The Kier molecular flexibility index (Phi) is 4.17. The number of amidine groups is 1. The Balaban J connectivity index is 2.45. The Morgan fingerprint density at radius 2 is 1.84 bits per heavy atom. The van der Waals surface area contributed by atoms with Crippen molar-refractivity contribution < 1.29 is 0 Å². The van der Waals surface area contributed by atoms with Gasteiger partial charge in [-0.1, -0.05) is 35.5 Å². The first kappa shape index (κ1) is 14.0. The number of benzene rings is 2. The van der Waals surface area contributed by atoms with Crippen LogP contribution in [0.3, 0.4) is 0 Å². The van der Waals surface area contributed by atoms with Crippen LogP contribution in [-0.4, -0.2) is 5.84 Å². The highest BCUT2D eigenvalue weighted by atomic mass is 35.5. The third kappa shape index (κ3) is 3.31. The molecular formula is C15H15ClN2S. The van der Waals surface area contributed by atoms with Gasteiger partial charge < -0.3 is 5.73 Å². The van der Waals surface area contributed by atoms with Gasteiger partial charge in [0.2, 0.25) is 0 Å². The molecule has 3 N–H and O–H groups in total. The number of rotatable bonds is 3.